The summed E-state index contributed by atoms with van der Waals surface area (Å²) in [6, 6.07) is 0.352. The molecule has 0 aromatic carbocycles. The predicted molar refractivity (Wildman–Crippen MR) is 70.0 cm³/mol. The lowest BCUT2D eigenvalue weighted by Crippen LogP contribution is -2.43. The number of nitrogens with zero attached hydrogens (tertiary/aromatic N) is 1. The van der Waals surface area contributed by atoms with E-state index in [1.807, 2.05) is 25.7 Å². The number of hydrogen-bond donors (Lipinski definition) is 0. The zero-order valence-corrected chi connectivity index (χ0v) is 12.1. The van der Waals surface area contributed by atoms with E-state index >= 15 is 0 Å². The van der Waals surface area contributed by atoms with Crippen LogP contribution in [0.2, 0.25) is 0 Å². The van der Waals surface area contributed by atoms with Crippen LogP contribution >= 0.6 is 0 Å². The summed E-state index contributed by atoms with van der Waals surface area (Å²) < 4.78 is 5.47. The van der Waals surface area contributed by atoms with Gasteiger partial charge in [0.2, 0.25) is 0 Å². The molecule has 1 amide bonds. The van der Waals surface area contributed by atoms with Gasteiger partial charge >= 0.3 is 6.09 Å². The van der Waals surface area contributed by atoms with Crippen LogP contribution in [0, 0.1) is 11.8 Å². The van der Waals surface area contributed by atoms with Crippen LogP contribution in [0.5, 0.6) is 0 Å². The number of likely N-dealkylation sites (tertiary alicyclic amines) is 1. The van der Waals surface area contributed by atoms with Gasteiger partial charge in [0.25, 0.3) is 0 Å². The first kappa shape index (κ1) is 14.3. The number of carbonyl (C=O) groups is 1. The van der Waals surface area contributed by atoms with Crippen LogP contribution in [0.4, 0.5) is 4.79 Å². The molecule has 1 rings (SSSR count). The van der Waals surface area contributed by atoms with Crippen LogP contribution in [-0.2, 0) is 4.74 Å². The highest BCUT2D eigenvalue weighted by atomic mass is 16.6. The van der Waals surface area contributed by atoms with E-state index in [4.69, 9.17) is 4.74 Å². The molecule has 17 heavy (non-hydrogen) atoms. The highest BCUT2D eigenvalue weighted by Crippen LogP contribution is 2.29. The van der Waals surface area contributed by atoms with E-state index in [2.05, 4.69) is 20.8 Å². The highest BCUT2D eigenvalue weighted by Gasteiger charge is 2.35. The summed E-state index contributed by atoms with van der Waals surface area (Å²) in [6.45, 7) is 13.3. The molecule has 0 saturated carbocycles. The van der Waals surface area contributed by atoms with Gasteiger partial charge in [-0.2, -0.15) is 0 Å². The van der Waals surface area contributed by atoms with Crippen molar-refractivity contribution >= 4 is 6.09 Å². The molecule has 2 atom stereocenters. The summed E-state index contributed by atoms with van der Waals surface area (Å²) in [4.78, 5) is 14.0. The summed E-state index contributed by atoms with van der Waals surface area (Å²) in [6.07, 6.45) is 2.06. The van der Waals surface area contributed by atoms with Gasteiger partial charge in [-0.3, -0.25) is 0 Å². The van der Waals surface area contributed by atoms with Gasteiger partial charge in [0.05, 0.1) is 0 Å². The molecule has 1 saturated heterocycles. The Morgan fingerprint density at radius 1 is 1.29 bits per heavy atom. The average Bonchev–Trinajstić information content (AvgIpc) is 2.61. The van der Waals surface area contributed by atoms with E-state index in [9.17, 15) is 4.79 Å². The van der Waals surface area contributed by atoms with Crippen molar-refractivity contribution in [3.05, 3.63) is 0 Å². The summed E-state index contributed by atoms with van der Waals surface area (Å²) in [5.41, 5.74) is -0.398. The van der Waals surface area contributed by atoms with Crippen LogP contribution in [0.15, 0.2) is 0 Å². The molecular weight excluding hydrogens is 214 g/mol. The minimum Gasteiger partial charge on any atom is -0.444 e. The zero-order chi connectivity index (χ0) is 13.2. The van der Waals surface area contributed by atoms with Gasteiger partial charge in [-0.1, -0.05) is 20.8 Å². The van der Waals surface area contributed by atoms with Gasteiger partial charge in [-0.15, -0.1) is 0 Å². The molecule has 0 bridgehead atoms. The van der Waals surface area contributed by atoms with Crippen molar-refractivity contribution in [3.63, 3.8) is 0 Å². The van der Waals surface area contributed by atoms with E-state index in [0.717, 1.165) is 19.4 Å². The number of carbonyl (C=O) groups excluding carboxylic acids is 1. The van der Waals surface area contributed by atoms with Crippen LogP contribution in [-0.4, -0.2) is 29.2 Å². The SMILES string of the molecule is CC(C)C(C)C1CCCN1C(=O)OC(C)(C)C. The Morgan fingerprint density at radius 2 is 1.88 bits per heavy atom. The minimum atomic E-state index is -0.398. The van der Waals surface area contributed by atoms with Crippen LogP contribution in [0.1, 0.15) is 54.4 Å². The van der Waals surface area contributed by atoms with E-state index in [1.165, 1.54) is 0 Å². The monoisotopic (exact) mass is 241 g/mol. The first-order valence-corrected chi connectivity index (χ1v) is 6.72. The molecule has 3 heteroatoms. The first-order valence-electron chi connectivity index (χ1n) is 6.72. The fourth-order valence-electron chi connectivity index (χ4n) is 2.33. The van der Waals surface area contributed by atoms with Crippen molar-refractivity contribution < 1.29 is 9.53 Å². The van der Waals surface area contributed by atoms with Crippen molar-refractivity contribution in [1.82, 2.24) is 4.90 Å². The molecule has 1 aliphatic rings. The van der Waals surface area contributed by atoms with E-state index in [-0.39, 0.29) is 6.09 Å². The summed E-state index contributed by atoms with van der Waals surface area (Å²) in [7, 11) is 0. The highest BCUT2D eigenvalue weighted by molar-refractivity contribution is 5.69. The van der Waals surface area contributed by atoms with Gasteiger partial charge in [-0.05, 0) is 45.4 Å². The number of hydrogen-bond acceptors (Lipinski definition) is 2. The Hall–Kier alpha value is -0.730. The molecule has 0 spiro atoms. The van der Waals surface area contributed by atoms with Gasteiger partial charge < -0.3 is 9.64 Å². The van der Waals surface area contributed by atoms with Gasteiger partial charge in [0, 0.05) is 12.6 Å². The lowest BCUT2D eigenvalue weighted by molar-refractivity contribution is 0.0163. The molecule has 1 fully saturated rings. The molecule has 0 N–H and O–H groups in total. The van der Waals surface area contributed by atoms with Crippen molar-refractivity contribution in [2.75, 3.05) is 6.54 Å². The third-order valence-electron chi connectivity index (χ3n) is 3.59. The van der Waals surface area contributed by atoms with Crippen molar-refractivity contribution in [3.8, 4) is 0 Å². The van der Waals surface area contributed by atoms with Gasteiger partial charge in [-0.25, -0.2) is 4.79 Å². The second-order valence-electron chi connectivity index (χ2n) is 6.49. The number of ether oxygens (including phenoxy) is 1. The first-order chi connectivity index (χ1) is 7.72. The summed E-state index contributed by atoms with van der Waals surface area (Å²) >= 11 is 0. The maximum absolute atomic E-state index is 12.1. The minimum absolute atomic E-state index is 0.146. The predicted octanol–water partition coefficient (Wildman–Crippen LogP) is 3.68. The Morgan fingerprint density at radius 3 is 2.35 bits per heavy atom. The Labute approximate surface area is 106 Å². The Bertz CT molecular complexity index is 268. The second kappa shape index (κ2) is 5.28. The second-order valence-corrected chi connectivity index (χ2v) is 6.49. The third-order valence-corrected chi connectivity index (χ3v) is 3.59. The zero-order valence-electron chi connectivity index (χ0n) is 12.1. The quantitative estimate of drug-likeness (QED) is 0.738. The topological polar surface area (TPSA) is 29.5 Å². The maximum atomic E-state index is 12.1. The fraction of sp³-hybridized carbons (Fsp3) is 0.929. The molecule has 0 aliphatic carbocycles. The molecule has 2 unspecified atom stereocenters. The van der Waals surface area contributed by atoms with E-state index in [1.54, 1.807) is 0 Å². The summed E-state index contributed by atoms with van der Waals surface area (Å²) in [5.74, 6) is 1.13. The smallest absolute Gasteiger partial charge is 0.410 e. The van der Waals surface area contributed by atoms with Gasteiger partial charge in [0.15, 0.2) is 0 Å². The molecule has 1 aliphatic heterocycles. The van der Waals surface area contributed by atoms with Crippen molar-refractivity contribution in [1.29, 1.82) is 0 Å². The Balaban J connectivity index is 2.66. The van der Waals surface area contributed by atoms with Crippen LogP contribution in [0.25, 0.3) is 0 Å². The molecule has 100 valence electrons. The average molecular weight is 241 g/mol. The van der Waals surface area contributed by atoms with Crippen molar-refractivity contribution in [2.24, 2.45) is 11.8 Å². The Kier molecular flexibility index (Phi) is 4.45. The maximum Gasteiger partial charge on any atom is 0.410 e. The fourth-order valence-corrected chi connectivity index (χ4v) is 2.33. The molecule has 0 aromatic heterocycles. The molecule has 0 radical (unpaired) electrons. The molecular formula is C14H27NO2. The number of rotatable bonds is 2. The lowest BCUT2D eigenvalue weighted by atomic mass is 9.89. The van der Waals surface area contributed by atoms with E-state index < -0.39 is 5.60 Å². The van der Waals surface area contributed by atoms with Crippen LogP contribution < -0.4 is 0 Å². The molecule has 1 heterocycles. The standard InChI is InChI=1S/C14H27NO2/c1-10(2)11(3)12-8-7-9-15(12)13(16)17-14(4,5)6/h10-12H,7-9H2,1-6H3. The van der Waals surface area contributed by atoms with Gasteiger partial charge in [0.1, 0.15) is 5.60 Å². The molecule has 0 aromatic rings. The largest absolute Gasteiger partial charge is 0.444 e. The third kappa shape index (κ3) is 3.90. The molecule has 3 nitrogen and oxygen atoms in total. The van der Waals surface area contributed by atoms with Crippen molar-refractivity contribution in [2.45, 2.75) is 66.0 Å². The van der Waals surface area contributed by atoms with E-state index in [0.29, 0.717) is 17.9 Å². The van der Waals surface area contributed by atoms with Crippen LogP contribution in [0.3, 0.4) is 0 Å². The summed E-state index contributed by atoms with van der Waals surface area (Å²) in [5, 5.41) is 0. The normalized spacial score (nSPS) is 23.0. The lowest BCUT2D eigenvalue weighted by Gasteiger charge is -2.33. The number of amides is 1.